The van der Waals surface area contributed by atoms with E-state index in [1.54, 1.807) is 36.1 Å². The number of carbonyl (C=O) groups excluding carboxylic acids is 1. The van der Waals surface area contributed by atoms with Crippen molar-refractivity contribution in [2.75, 3.05) is 7.11 Å². The summed E-state index contributed by atoms with van der Waals surface area (Å²) in [4.78, 5) is 12.3. The average Bonchev–Trinajstić information content (AvgIpc) is 3.29. The van der Waals surface area contributed by atoms with Crippen LogP contribution in [0.25, 0.3) is 16.9 Å². The molecule has 7 heteroatoms. The van der Waals surface area contributed by atoms with Crippen molar-refractivity contribution in [2.45, 2.75) is 6.10 Å². The lowest BCUT2D eigenvalue weighted by Gasteiger charge is -2.08. The highest BCUT2D eigenvalue weighted by atomic mass is 16.5. The van der Waals surface area contributed by atoms with Crippen LogP contribution >= 0.6 is 0 Å². The lowest BCUT2D eigenvalue weighted by Crippen LogP contribution is -2.25. The van der Waals surface area contributed by atoms with Crippen LogP contribution in [0.2, 0.25) is 0 Å². The zero-order valence-corrected chi connectivity index (χ0v) is 17.4. The van der Waals surface area contributed by atoms with Gasteiger partial charge in [0, 0.05) is 17.3 Å². The molecule has 1 heterocycles. The van der Waals surface area contributed by atoms with Crippen LogP contribution in [0.5, 0.6) is 5.75 Å². The van der Waals surface area contributed by atoms with E-state index >= 15 is 0 Å². The number of rotatable bonds is 7. The number of ether oxygens (including phenoxy) is 1. The molecule has 0 radical (unpaired) electrons. The number of hydrazone groups is 1. The van der Waals surface area contributed by atoms with Gasteiger partial charge < -0.3 is 9.84 Å². The van der Waals surface area contributed by atoms with Crippen LogP contribution in [-0.2, 0) is 4.79 Å². The molecule has 1 aromatic heterocycles. The fourth-order valence-electron chi connectivity index (χ4n) is 3.18. The number of hydrogen-bond donors (Lipinski definition) is 2. The number of para-hydroxylation sites is 1. The normalized spacial score (nSPS) is 11.9. The van der Waals surface area contributed by atoms with Gasteiger partial charge in [-0.1, -0.05) is 48.5 Å². The minimum atomic E-state index is -1.30. The molecule has 0 aliphatic rings. The van der Waals surface area contributed by atoms with Gasteiger partial charge in [0.05, 0.1) is 19.0 Å². The second-order valence-corrected chi connectivity index (χ2v) is 6.99. The van der Waals surface area contributed by atoms with Crippen LogP contribution in [0.3, 0.4) is 0 Å². The lowest BCUT2D eigenvalue weighted by atomic mass is 10.1. The van der Waals surface area contributed by atoms with Gasteiger partial charge in [-0.2, -0.15) is 10.2 Å². The van der Waals surface area contributed by atoms with E-state index in [-0.39, 0.29) is 0 Å². The molecule has 7 nitrogen and oxygen atoms in total. The predicted molar refractivity (Wildman–Crippen MR) is 123 cm³/mol. The SMILES string of the molecule is COc1ccc(-c2nn(-c3ccccc3)cc2/C=N\NC(=O)[C@H](O)c2ccccc2)cc1. The molecule has 1 amide bonds. The minimum Gasteiger partial charge on any atom is -0.497 e. The first-order chi connectivity index (χ1) is 15.7. The topological polar surface area (TPSA) is 88.7 Å². The Morgan fingerprint density at radius 1 is 1.03 bits per heavy atom. The van der Waals surface area contributed by atoms with E-state index in [9.17, 15) is 9.90 Å². The first-order valence-electron chi connectivity index (χ1n) is 10.0. The van der Waals surface area contributed by atoms with Crippen molar-refractivity contribution in [3.05, 3.63) is 102 Å². The van der Waals surface area contributed by atoms with E-state index in [0.29, 0.717) is 16.8 Å². The first kappa shape index (κ1) is 21.0. The monoisotopic (exact) mass is 426 g/mol. The predicted octanol–water partition coefficient (Wildman–Crippen LogP) is 3.73. The van der Waals surface area contributed by atoms with Crippen molar-refractivity contribution in [2.24, 2.45) is 5.10 Å². The Hall–Kier alpha value is -4.23. The summed E-state index contributed by atoms with van der Waals surface area (Å²) in [6.45, 7) is 0. The zero-order valence-electron chi connectivity index (χ0n) is 17.4. The molecule has 2 N–H and O–H groups in total. The molecule has 0 bridgehead atoms. The van der Waals surface area contributed by atoms with E-state index in [4.69, 9.17) is 9.84 Å². The number of nitrogens with one attached hydrogen (secondary N) is 1. The second kappa shape index (κ2) is 9.72. The molecule has 0 unspecified atom stereocenters. The Balaban J connectivity index is 1.60. The van der Waals surface area contributed by atoms with E-state index < -0.39 is 12.0 Å². The standard InChI is InChI=1S/C25H22N4O3/c1-32-22-14-12-18(13-15-22)23-20(17-29(28-23)21-10-6-3-7-11-21)16-26-27-25(31)24(30)19-8-4-2-5-9-19/h2-17,24,30H,1H3,(H,27,31)/b26-16-/t24-/m1/s1. The van der Waals surface area contributed by atoms with E-state index in [1.165, 1.54) is 6.21 Å². The molecule has 0 saturated carbocycles. The molecule has 0 saturated heterocycles. The largest absolute Gasteiger partial charge is 0.497 e. The molecule has 1 atom stereocenters. The Morgan fingerprint density at radius 2 is 1.69 bits per heavy atom. The van der Waals surface area contributed by atoms with E-state index in [1.807, 2.05) is 66.9 Å². The molecule has 0 aliphatic carbocycles. The molecule has 32 heavy (non-hydrogen) atoms. The van der Waals surface area contributed by atoms with E-state index in [2.05, 4.69) is 10.5 Å². The van der Waals surface area contributed by atoms with Gasteiger partial charge in [-0.25, -0.2) is 10.1 Å². The number of methoxy groups -OCH3 is 1. The van der Waals surface area contributed by atoms with Gasteiger partial charge in [0.15, 0.2) is 6.10 Å². The number of benzene rings is 3. The molecule has 4 rings (SSSR count). The van der Waals surface area contributed by atoms with Crippen molar-refractivity contribution in [3.63, 3.8) is 0 Å². The minimum absolute atomic E-state index is 0.496. The van der Waals surface area contributed by atoms with Crippen LogP contribution < -0.4 is 10.2 Å². The molecule has 4 aromatic rings. The van der Waals surface area contributed by atoms with Gasteiger partial charge in [-0.15, -0.1) is 0 Å². The van der Waals surface area contributed by atoms with Crippen molar-refractivity contribution >= 4 is 12.1 Å². The summed E-state index contributed by atoms with van der Waals surface area (Å²) in [5.41, 5.74) is 6.06. The van der Waals surface area contributed by atoms with Gasteiger partial charge in [0.2, 0.25) is 0 Å². The summed E-state index contributed by atoms with van der Waals surface area (Å²) in [5.74, 6) is 0.127. The highest BCUT2D eigenvalue weighted by molar-refractivity contribution is 5.90. The Bertz CT molecular complexity index is 1200. The Morgan fingerprint density at radius 3 is 2.34 bits per heavy atom. The van der Waals surface area contributed by atoms with E-state index in [0.717, 1.165) is 17.0 Å². The first-order valence-corrected chi connectivity index (χ1v) is 10.0. The Kier molecular flexibility index (Phi) is 6.38. The second-order valence-electron chi connectivity index (χ2n) is 6.99. The van der Waals surface area contributed by atoms with Gasteiger partial charge in [-0.3, -0.25) is 4.79 Å². The molecule has 160 valence electrons. The summed E-state index contributed by atoms with van der Waals surface area (Å²) in [5, 5.41) is 19.0. The fourth-order valence-corrected chi connectivity index (χ4v) is 3.18. The quantitative estimate of drug-likeness (QED) is 0.348. The molecule has 0 spiro atoms. The number of amides is 1. The highest BCUT2D eigenvalue weighted by Crippen LogP contribution is 2.25. The lowest BCUT2D eigenvalue weighted by molar-refractivity contribution is -0.129. The average molecular weight is 426 g/mol. The van der Waals surface area contributed by atoms with Crippen LogP contribution in [0.4, 0.5) is 0 Å². The van der Waals surface area contributed by atoms with Crippen LogP contribution in [0.1, 0.15) is 17.2 Å². The number of aromatic nitrogens is 2. The van der Waals surface area contributed by atoms with Crippen LogP contribution in [0, 0.1) is 0 Å². The summed E-state index contributed by atoms with van der Waals surface area (Å²) in [6, 6.07) is 25.9. The maximum atomic E-state index is 12.3. The number of aliphatic hydroxyl groups is 1. The van der Waals surface area contributed by atoms with Gasteiger partial charge in [0.25, 0.3) is 5.91 Å². The summed E-state index contributed by atoms with van der Waals surface area (Å²) in [6.07, 6.45) is 2.04. The van der Waals surface area contributed by atoms with Crippen LogP contribution in [-0.4, -0.2) is 34.1 Å². The van der Waals surface area contributed by atoms with Crippen LogP contribution in [0.15, 0.2) is 96.2 Å². The third-order valence-electron chi connectivity index (χ3n) is 4.87. The van der Waals surface area contributed by atoms with Crippen molar-refractivity contribution in [1.29, 1.82) is 0 Å². The van der Waals surface area contributed by atoms with Crippen molar-refractivity contribution < 1.29 is 14.6 Å². The Labute approximate surface area is 185 Å². The molecule has 0 fully saturated rings. The third kappa shape index (κ3) is 4.74. The molecular formula is C25H22N4O3. The maximum Gasteiger partial charge on any atom is 0.273 e. The van der Waals surface area contributed by atoms with Gasteiger partial charge in [0.1, 0.15) is 11.4 Å². The summed E-state index contributed by atoms with van der Waals surface area (Å²) >= 11 is 0. The molecular weight excluding hydrogens is 404 g/mol. The molecule has 0 aliphatic heterocycles. The van der Waals surface area contributed by atoms with Gasteiger partial charge in [-0.05, 0) is 42.0 Å². The smallest absolute Gasteiger partial charge is 0.273 e. The number of carbonyl (C=O) groups is 1. The molecule has 3 aromatic carbocycles. The van der Waals surface area contributed by atoms with Crippen molar-refractivity contribution in [3.8, 4) is 22.7 Å². The number of hydrogen-bond acceptors (Lipinski definition) is 5. The van der Waals surface area contributed by atoms with Gasteiger partial charge >= 0.3 is 0 Å². The highest BCUT2D eigenvalue weighted by Gasteiger charge is 2.16. The third-order valence-corrected chi connectivity index (χ3v) is 4.87. The zero-order chi connectivity index (χ0) is 22.3. The van der Waals surface area contributed by atoms with Crippen molar-refractivity contribution in [1.82, 2.24) is 15.2 Å². The maximum absolute atomic E-state index is 12.3. The number of nitrogens with zero attached hydrogens (tertiary/aromatic N) is 3. The fraction of sp³-hybridized carbons (Fsp3) is 0.0800. The summed E-state index contributed by atoms with van der Waals surface area (Å²) in [7, 11) is 1.61. The summed E-state index contributed by atoms with van der Waals surface area (Å²) < 4.78 is 6.99. The number of aliphatic hydroxyl groups excluding tert-OH is 1.